The number of nitrogens with one attached hydrogen (secondary N) is 4. The molecule has 4 amide bonds. The van der Waals surface area contributed by atoms with E-state index in [9.17, 15) is 19.2 Å². The van der Waals surface area contributed by atoms with E-state index in [0.717, 1.165) is 18.4 Å². The van der Waals surface area contributed by atoms with Crippen molar-refractivity contribution in [2.45, 2.75) is 59.4 Å². The zero-order valence-electron chi connectivity index (χ0n) is 32.9. The van der Waals surface area contributed by atoms with Crippen molar-refractivity contribution in [3.05, 3.63) is 29.8 Å². The zero-order valence-corrected chi connectivity index (χ0v) is 32.9. The Balaban J connectivity index is 1.87. The molecule has 16 heteroatoms. The van der Waals surface area contributed by atoms with Gasteiger partial charge in [-0.15, -0.1) is 0 Å². The van der Waals surface area contributed by atoms with Gasteiger partial charge in [-0.1, -0.05) is 39.8 Å². The molecule has 0 aromatic heterocycles. The zero-order chi connectivity index (χ0) is 39.5. The Morgan fingerprint density at radius 3 is 1.41 bits per heavy atom. The van der Waals surface area contributed by atoms with Crippen molar-refractivity contribution in [1.82, 2.24) is 16.0 Å². The third-order valence-corrected chi connectivity index (χ3v) is 7.46. The Morgan fingerprint density at radius 2 is 0.981 bits per heavy atom. The first-order chi connectivity index (χ1) is 26.3. The number of rotatable bonds is 36. The molecule has 1 rings (SSSR count). The van der Waals surface area contributed by atoms with Gasteiger partial charge in [0.25, 0.3) is 0 Å². The maximum Gasteiger partial charge on any atom is 0.243 e. The van der Waals surface area contributed by atoms with Crippen molar-refractivity contribution in [3.63, 3.8) is 0 Å². The topological polar surface area (TPSA) is 190 Å². The molecule has 0 aliphatic carbocycles. The molecule has 0 saturated heterocycles. The number of hydrogen-bond acceptors (Lipinski definition) is 12. The molecule has 0 heterocycles. The van der Waals surface area contributed by atoms with Gasteiger partial charge in [-0.25, -0.2) is 0 Å². The Kier molecular flexibility index (Phi) is 31.0. The number of amides is 4. The summed E-state index contributed by atoms with van der Waals surface area (Å²) in [6.07, 6.45) is 2.37. The minimum atomic E-state index is -0.777. The van der Waals surface area contributed by atoms with Crippen molar-refractivity contribution in [1.29, 1.82) is 0 Å². The third kappa shape index (κ3) is 28.3. The van der Waals surface area contributed by atoms with Crippen LogP contribution in [-0.4, -0.2) is 148 Å². The summed E-state index contributed by atoms with van der Waals surface area (Å²) in [5, 5.41) is 10.9. The lowest BCUT2D eigenvalue weighted by molar-refractivity contribution is -0.131. The quantitative estimate of drug-likeness (QED) is 0.0727. The fourth-order valence-corrected chi connectivity index (χ4v) is 4.47. The molecule has 0 radical (unpaired) electrons. The van der Waals surface area contributed by atoms with E-state index in [1.807, 2.05) is 45.0 Å². The second-order valence-corrected chi connectivity index (χ2v) is 12.4. The summed E-state index contributed by atoms with van der Waals surface area (Å²) in [6, 6.07) is 6.73. The number of carbonyl (C=O) groups is 4. The lowest BCUT2D eigenvalue weighted by atomic mass is 10.0. The molecule has 1 atom stereocenters. The first kappa shape index (κ1) is 48.8. The van der Waals surface area contributed by atoms with Crippen LogP contribution in [0.1, 0.15) is 52.5 Å². The van der Waals surface area contributed by atoms with E-state index in [2.05, 4.69) is 28.2 Å². The van der Waals surface area contributed by atoms with Gasteiger partial charge in [0.2, 0.25) is 23.6 Å². The second-order valence-electron chi connectivity index (χ2n) is 12.4. The molecule has 0 bridgehead atoms. The molecular weight excluding hydrogens is 704 g/mol. The SMILES string of the molecule is CCCC(=O)NCCOCCOCCOCCOCCOCCOCCOCCOCCC(=O)NC(C(=O)NCC(=O)Nc1ccc(CC)cc1)C(C)C. The highest BCUT2D eigenvalue weighted by Crippen LogP contribution is 2.10. The average molecular weight is 771 g/mol. The fourth-order valence-electron chi connectivity index (χ4n) is 4.47. The van der Waals surface area contributed by atoms with Gasteiger partial charge >= 0.3 is 0 Å². The van der Waals surface area contributed by atoms with Gasteiger partial charge in [0.05, 0.1) is 112 Å². The van der Waals surface area contributed by atoms with Crippen LogP contribution in [0.25, 0.3) is 0 Å². The Hall–Kier alpha value is -3.22. The Labute approximate surface area is 321 Å². The summed E-state index contributed by atoms with van der Waals surface area (Å²) in [5.74, 6) is -1.22. The van der Waals surface area contributed by atoms with Crippen molar-refractivity contribution >= 4 is 29.3 Å². The Bertz CT molecular complexity index is 1110. The van der Waals surface area contributed by atoms with E-state index >= 15 is 0 Å². The first-order valence-corrected chi connectivity index (χ1v) is 19.1. The van der Waals surface area contributed by atoms with E-state index < -0.39 is 11.9 Å². The van der Waals surface area contributed by atoms with Gasteiger partial charge in [0, 0.05) is 25.1 Å². The number of benzene rings is 1. The van der Waals surface area contributed by atoms with E-state index in [0.29, 0.717) is 118 Å². The summed E-state index contributed by atoms with van der Waals surface area (Å²) >= 11 is 0. The maximum atomic E-state index is 12.7. The van der Waals surface area contributed by atoms with Gasteiger partial charge in [0.15, 0.2) is 0 Å². The predicted octanol–water partition coefficient (Wildman–Crippen LogP) is 1.88. The fraction of sp³-hybridized carbons (Fsp3) is 0.737. The van der Waals surface area contributed by atoms with Gasteiger partial charge in [-0.05, 0) is 36.5 Å². The molecule has 0 fully saturated rings. The lowest BCUT2D eigenvalue weighted by Gasteiger charge is -2.21. The smallest absolute Gasteiger partial charge is 0.243 e. The van der Waals surface area contributed by atoms with Crippen LogP contribution in [-0.2, 0) is 63.5 Å². The lowest BCUT2D eigenvalue weighted by Crippen LogP contribution is -2.51. The molecule has 1 unspecified atom stereocenters. The molecule has 1 aromatic carbocycles. The minimum Gasteiger partial charge on any atom is -0.379 e. The average Bonchev–Trinajstić information content (AvgIpc) is 3.16. The molecule has 16 nitrogen and oxygen atoms in total. The van der Waals surface area contributed by atoms with Crippen molar-refractivity contribution in [2.75, 3.05) is 124 Å². The van der Waals surface area contributed by atoms with E-state index in [4.69, 9.17) is 37.9 Å². The summed E-state index contributed by atoms with van der Waals surface area (Å²) in [4.78, 5) is 48.7. The van der Waals surface area contributed by atoms with E-state index in [1.54, 1.807) is 0 Å². The highest BCUT2D eigenvalue weighted by Gasteiger charge is 2.24. The van der Waals surface area contributed by atoms with Gasteiger partial charge in [0.1, 0.15) is 6.04 Å². The third-order valence-electron chi connectivity index (χ3n) is 7.46. The van der Waals surface area contributed by atoms with Crippen LogP contribution in [0.3, 0.4) is 0 Å². The number of carbonyl (C=O) groups excluding carboxylic acids is 4. The van der Waals surface area contributed by atoms with Gasteiger partial charge in [-0.2, -0.15) is 0 Å². The first-order valence-electron chi connectivity index (χ1n) is 19.1. The summed E-state index contributed by atoms with van der Waals surface area (Å²) in [7, 11) is 0. The van der Waals surface area contributed by atoms with Crippen molar-refractivity contribution in [3.8, 4) is 0 Å². The molecule has 310 valence electrons. The normalized spacial score (nSPS) is 11.7. The van der Waals surface area contributed by atoms with Crippen LogP contribution < -0.4 is 21.3 Å². The highest BCUT2D eigenvalue weighted by atomic mass is 16.6. The molecule has 0 aliphatic rings. The van der Waals surface area contributed by atoms with Crippen LogP contribution in [0.4, 0.5) is 5.69 Å². The predicted molar refractivity (Wildman–Crippen MR) is 203 cm³/mol. The van der Waals surface area contributed by atoms with Gasteiger partial charge < -0.3 is 59.2 Å². The summed E-state index contributed by atoms with van der Waals surface area (Å²) in [6.45, 7) is 14.8. The maximum absolute atomic E-state index is 12.7. The number of aryl methyl sites for hydroxylation is 1. The molecule has 0 aliphatic heterocycles. The van der Waals surface area contributed by atoms with Crippen LogP contribution in [0, 0.1) is 5.92 Å². The second kappa shape index (κ2) is 34.3. The van der Waals surface area contributed by atoms with Crippen LogP contribution in [0.5, 0.6) is 0 Å². The number of ether oxygens (including phenoxy) is 8. The van der Waals surface area contributed by atoms with E-state index in [1.165, 1.54) is 0 Å². The molecule has 4 N–H and O–H groups in total. The standard InChI is InChI=1S/C38H66N4O12/c1-5-7-34(43)39-13-15-48-17-19-50-21-23-52-25-27-54-29-28-53-26-24-51-22-20-49-18-16-47-14-12-35(44)42-37(31(3)4)38(46)40-30-36(45)41-33-10-8-32(6-2)9-11-33/h8-11,31,37H,5-7,12-30H2,1-4H3,(H,39,43)(H,40,46)(H,41,45)(H,42,44). The largest absolute Gasteiger partial charge is 0.379 e. The highest BCUT2D eigenvalue weighted by molar-refractivity contribution is 5.96. The number of anilines is 1. The summed E-state index contributed by atoms with van der Waals surface area (Å²) in [5.41, 5.74) is 1.81. The number of hydrogen-bond donors (Lipinski definition) is 4. The van der Waals surface area contributed by atoms with Crippen LogP contribution in [0.15, 0.2) is 24.3 Å². The van der Waals surface area contributed by atoms with E-state index in [-0.39, 0.29) is 43.2 Å². The molecule has 0 spiro atoms. The summed E-state index contributed by atoms with van der Waals surface area (Å²) < 4.78 is 43.7. The molecule has 0 saturated carbocycles. The molecule has 1 aromatic rings. The monoisotopic (exact) mass is 770 g/mol. The van der Waals surface area contributed by atoms with Gasteiger partial charge in [-0.3, -0.25) is 19.2 Å². The molecular formula is C38H66N4O12. The minimum absolute atomic E-state index is 0.0496. The van der Waals surface area contributed by atoms with Crippen molar-refractivity contribution in [2.24, 2.45) is 5.92 Å². The van der Waals surface area contributed by atoms with Crippen LogP contribution >= 0.6 is 0 Å². The Morgan fingerprint density at radius 1 is 0.537 bits per heavy atom. The van der Waals surface area contributed by atoms with Crippen LogP contribution in [0.2, 0.25) is 0 Å². The molecule has 54 heavy (non-hydrogen) atoms. The van der Waals surface area contributed by atoms with Crippen molar-refractivity contribution < 1.29 is 57.1 Å².